The third-order valence-corrected chi connectivity index (χ3v) is 5.01. The molecule has 0 saturated carbocycles. The van der Waals surface area contributed by atoms with Gasteiger partial charge in [0.2, 0.25) is 0 Å². The van der Waals surface area contributed by atoms with Gasteiger partial charge < -0.3 is 14.4 Å². The molecule has 154 valence electrons. The predicted molar refractivity (Wildman–Crippen MR) is 107 cm³/mol. The van der Waals surface area contributed by atoms with E-state index in [1.807, 2.05) is 4.57 Å². The van der Waals surface area contributed by atoms with Crippen molar-refractivity contribution in [1.82, 2.24) is 14.5 Å². The number of rotatable bonds is 8. The standard InChI is InChI=1S/C21H25N3O5/c1-14(25)16-4-5-17(18(12-16)21(27)28)20-22-19(15(2)26)13-24(20)7-3-6-23-8-10-29-11-9-23/h4-5,12-13H,3,6-11H2,1-2H3,(H,27,28). The minimum Gasteiger partial charge on any atom is -0.478 e. The fourth-order valence-electron chi connectivity index (χ4n) is 3.40. The van der Waals surface area contributed by atoms with Crippen LogP contribution in [0, 0.1) is 0 Å². The van der Waals surface area contributed by atoms with Gasteiger partial charge in [-0.15, -0.1) is 0 Å². The Bertz CT molecular complexity index is 928. The lowest BCUT2D eigenvalue weighted by atomic mass is 10.0. The van der Waals surface area contributed by atoms with E-state index in [0.29, 0.717) is 29.2 Å². The summed E-state index contributed by atoms with van der Waals surface area (Å²) in [6, 6.07) is 4.54. The van der Waals surface area contributed by atoms with Gasteiger partial charge in [0.25, 0.3) is 0 Å². The van der Waals surface area contributed by atoms with Crippen molar-refractivity contribution in [1.29, 1.82) is 0 Å². The number of carboxylic acid groups (broad SMARTS) is 1. The maximum Gasteiger partial charge on any atom is 0.336 e. The highest BCUT2D eigenvalue weighted by atomic mass is 16.5. The Balaban J connectivity index is 1.90. The quantitative estimate of drug-likeness (QED) is 0.680. The lowest BCUT2D eigenvalue weighted by Gasteiger charge is -2.26. The first-order valence-electron chi connectivity index (χ1n) is 9.63. The van der Waals surface area contributed by atoms with Gasteiger partial charge >= 0.3 is 5.97 Å². The second-order valence-corrected chi connectivity index (χ2v) is 7.13. The molecule has 0 aliphatic carbocycles. The average Bonchev–Trinajstić information content (AvgIpc) is 3.12. The number of ketones is 2. The van der Waals surface area contributed by atoms with E-state index < -0.39 is 5.97 Å². The van der Waals surface area contributed by atoms with Crippen LogP contribution in [0.25, 0.3) is 11.4 Å². The maximum absolute atomic E-state index is 11.9. The van der Waals surface area contributed by atoms with Crippen LogP contribution in [0.3, 0.4) is 0 Å². The number of benzene rings is 1. The van der Waals surface area contributed by atoms with Crippen molar-refractivity contribution in [2.75, 3.05) is 32.8 Å². The van der Waals surface area contributed by atoms with Gasteiger partial charge in [-0.25, -0.2) is 9.78 Å². The number of carbonyl (C=O) groups excluding carboxylic acids is 2. The molecule has 1 fully saturated rings. The van der Waals surface area contributed by atoms with Crippen molar-refractivity contribution in [3.8, 4) is 11.4 Å². The summed E-state index contributed by atoms with van der Waals surface area (Å²) in [6.07, 6.45) is 2.50. The Kier molecular flexibility index (Phi) is 6.56. The molecule has 0 radical (unpaired) electrons. The Hall–Kier alpha value is -2.84. The van der Waals surface area contributed by atoms with Crippen LogP contribution in [-0.2, 0) is 11.3 Å². The first-order chi connectivity index (χ1) is 13.9. The van der Waals surface area contributed by atoms with Gasteiger partial charge in [0.1, 0.15) is 11.5 Å². The number of carbonyl (C=O) groups is 3. The molecule has 0 bridgehead atoms. The maximum atomic E-state index is 11.9. The zero-order chi connectivity index (χ0) is 21.0. The van der Waals surface area contributed by atoms with E-state index in [1.54, 1.807) is 18.3 Å². The average molecular weight is 399 g/mol. The second kappa shape index (κ2) is 9.11. The topological polar surface area (TPSA) is 102 Å². The molecular formula is C21H25N3O5. The zero-order valence-corrected chi connectivity index (χ0v) is 16.7. The molecule has 1 aromatic carbocycles. The van der Waals surface area contributed by atoms with Crippen molar-refractivity contribution in [3.05, 3.63) is 41.2 Å². The molecule has 0 amide bonds. The molecule has 29 heavy (non-hydrogen) atoms. The number of aromatic carboxylic acids is 1. The largest absolute Gasteiger partial charge is 0.478 e. The van der Waals surface area contributed by atoms with Crippen molar-refractivity contribution in [2.45, 2.75) is 26.8 Å². The number of hydrogen-bond donors (Lipinski definition) is 1. The van der Waals surface area contributed by atoms with Crippen molar-refractivity contribution in [3.63, 3.8) is 0 Å². The molecule has 1 aliphatic rings. The summed E-state index contributed by atoms with van der Waals surface area (Å²) in [4.78, 5) is 42.0. The summed E-state index contributed by atoms with van der Waals surface area (Å²) in [5.74, 6) is -1.12. The molecule has 1 saturated heterocycles. The first kappa shape index (κ1) is 20.9. The number of ether oxygens (including phenoxy) is 1. The number of imidazole rings is 1. The molecule has 2 heterocycles. The van der Waals surface area contributed by atoms with Crippen LogP contribution >= 0.6 is 0 Å². The fourth-order valence-corrected chi connectivity index (χ4v) is 3.40. The molecule has 2 aromatic rings. The smallest absolute Gasteiger partial charge is 0.336 e. The van der Waals surface area contributed by atoms with Crippen LogP contribution in [0.2, 0.25) is 0 Å². The summed E-state index contributed by atoms with van der Waals surface area (Å²) in [5, 5.41) is 9.65. The minimum absolute atomic E-state index is 0.00664. The van der Waals surface area contributed by atoms with Crippen molar-refractivity contribution >= 4 is 17.5 Å². The highest BCUT2D eigenvalue weighted by Crippen LogP contribution is 2.26. The normalized spacial score (nSPS) is 14.7. The zero-order valence-electron chi connectivity index (χ0n) is 16.7. The summed E-state index contributed by atoms with van der Waals surface area (Å²) in [6.45, 7) is 7.55. The van der Waals surface area contributed by atoms with Gasteiger partial charge in [-0.3, -0.25) is 14.5 Å². The van der Waals surface area contributed by atoms with Gasteiger partial charge in [0.05, 0.1) is 18.8 Å². The second-order valence-electron chi connectivity index (χ2n) is 7.13. The number of morpholine rings is 1. The Morgan fingerprint density at radius 3 is 2.45 bits per heavy atom. The number of nitrogens with zero attached hydrogens (tertiary/aromatic N) is 3. The summed E-state index contributed by atoms with van der Waals surface area (Å²) >= 11 is 0. The molecular weight excluding hydrogens is 374 g/mol. The monoisotopic (exact) mass is 399 g/mol. The lowest BCUT2D eigenvalue weighted by molar-refractivity contribution is 0.0369. The molecule has 0 spiro atoms. The number of aromatic nitrogens is 2. The number of aryl methyl sites for hydroxylation is 1. The Labute approximate surface area is 169 Å². The highest BCUT2D eigenvalue weighted by Gasteiger charge is 2.20. The Morgan fingerprint density at radius 1 is 1.10 bits per heavy atom. The minimum atomic E-state index is -1.14. The molecule has 0 atom stereocenters. The van der Waals surface area contributed by atoms with E-state index in [1.165, 1.54) is 19.9 Å². The SMILES string of the molecule is CC(=O)c1ccc(-c2nc(C(C)=O)cn2CCCN2CCOCC2)c(C(=O)O)c1. The van der Waals surface area contributed by atoms with Crippen molar-refractivity contribution < 1.29 is 24.2 Å². The van der Waals surface area contributed by atoms with Gasteiger partial charge in [0.15, 0.2) is 11.6 Å². The van der Waals surface area contributed by atoms with E-state index >= 15 is 0 Å². The van der Waals surface area contributed by atoms with Crippen LogP contribution in [0.15, 0.2) is 24.4 Å². The molecule has 8 heteroatoms. The molecule has 0 unspecified atom stereocenters. The fraction of sp³-hybridized carbons (Fsp3) is 0.429. The van der Waals surface area contributed by atoms with E-state index in [-0.39, 0.29) is 17.1 Å². The van der Waals surface area contributed by atoms with E-state index in [2.05, 4.69) is 9.88 Å². The van der Waals surface area contributed by atoms with Gasteiger partial charge in [0, 0.05) is 50.4 Å². The van der Waals surface area contributed by atoms with E-state index in [4.69, 9.17) is 4.74 Å². The predicted octanol–water partition coefficient (Wildman–Crippen LogP) is 2.38. The summed E-state index contributed by atoms with van der Waals surface area (Å²) in [7, 11) is 0. The Morgan fingerprint density at radius 2 is 1.83 bits per heavy atom. The molecule has 1 aliphatic heterocycles. The molecule has 8 nitrogen and oxygen atoms in total. The van der Waals surface area contributed by atoms with Gasteiger partial charge in [-0.2, -0.15) is 0 Å². The van der Waals surface area contributed by atoms with Crippen LogP contribution in [0.1, 0.15) is 51.5 Å². The van der Waals surface area contributed by atoms with Gasteiger partial charge in [-0.05, 0) is 25.5 Å². The van der Waals surface area contributed by atoms with Crippen LogP contribution in [-0.4, -0.2) is 69.9 Å². The molecule has 1 N–H and O–H groups in total. The highest BCUT2D eigenvalue weighted by molar-refractivity contribution is 6.01. The van der Waals surface area contributed by atoms with Crippen LogP contribution in [0.5, 0.6) is 0 Å². The number of carboxylic acids is 1. The van der Waals surface area contributed by atoms with Crippen molar-refractivity contribution in [2.24, 2.45) is 0 Å². The van der Waals surface area contributed by atoms with E-state index in [9.17, 15) is 19.5 Å². The summed E-state index contributed by atoms with van der Waals surface area (Å²) in [5.41, 5.74) is 0.996. The summed E-state index contributed by atoms with van der Waals surface area (Å²) < 4.78 is 7.18. The first-order valence-corrected chi connectivity index (χ1v) is 9.63. The molecule has 1 aromatic heterocycles. The van der Waals surface area contributed by atoms with Crippen LogP contribution < -0.4 is 0 Å². The third kappa shape index (κ3) is 4.96. The number of hydrogen-bond acceptors (Lipinski definition) is 6. The van der Waals surface area contributed by atoms with E-state index in [0.717, 1.165) is 39.3 Å². The van der Waals surface area contributed by atoms with Crippen LogP contribution in [0.4, 0.5) is 0 Å². The molecule has 3 rings (SSSR count). The lowest BCUT2D eigenvalue weighted by Crippen LogP contribution is -2.37. The number of Topliss-reactive ketones (excluding diaryl/α,β-unsaturated/α-hetero) is 2. The third-order valence-electron chi connectivity index (χ3n) is 5.01. The van der Waals surface area contributed by atoms with Gasteiger partial charge in [-0.1, -0.05) is 6.07 Å².